The molecule has 1 heteroatoms. The fourth-order valence-corrected chi connectivity index (χ4v) is 1.60. The molecule has 2 fully saturated rings. The second kappa shape index (κ2) is 2.30. The highest BCUT2D eigenvalue weighted by atomic mass is 16.5. The summed E-state index contributed by atoms with van der Waals surface area (Å²) < 4.78 is 20.8. The van der Waals surface area contributed by atoms with E-state index in [9.17, 15) is 0 Å². The van der Waals surface area contributed by atoms with Gasteiger partial charge < -0.3 is 4.74 Å². The minimum Gasteiger partial charge on any atom is -0.375 e. The first kappa shape index (κ1) is 3.97. The summed E-state index contributed by atoms with van der Waals surface area (Å²) in [7, 11) is 0. The number of fused-ring (bicyclic) bond motifs is 2. The first-order valence-electron chi connectivity index (χ1n) is 4.93. The van der Waals surface area contributed by atoms with Crippen molar-refractivity contribution < 1.29 is 7.48 Å². The smallest absolute Gasteiger partial charge is 0.0579 e. The Hall–Kier alpha value is -0.0400. The summed E-state index contributed by atoms with van der Waals surface area (Å²) in [6.07, 6.45) is 4.00. The zero-order chi connectivity index (χ0) is 7.84. The van der Waals surface area contributed by atoms with Crippen LogP contribution in [0.1, 0.15) is 41.2 Å². The zero-order valence-corrected chi connectivity index (χ0v) is 5.55. The van der Waals surface area contributed by atoms with Crippen LogP contribution in [-0.2, 0) is 4.74 Å². The molecule has 2 bridgehead atoms. The Kier molecular flexibility index (Phi) is 1.01. The Morgan fingerprint density at radius 3 is 2.22 bits per heavy atom. The highest BCUT2D eigenvalue weighted by Gasteiger charge is 2.25. The standard InChI is InChI=1S/C8H14O/c1-3-7-5-2-6-8(4-1)9-7/h7-8H,1-6H2/i3D,6D/t3-,6+,7?,8?. The average Bonchev–Trinajstić information content (AvgIpc) is 2.02. The van der Waals surface area contributed by atoms with E-state index in [0.717, 1.165) is 25.7 Å². The van der Waals surface area contributed by atoms with E-state index in [4.69, 9.17) is 7.48 Å². The van der Waals surface area contributed by atoms with E-state index < -0.39 is 0 Å². The van der Waals surface area contributed by atoms with Gasteiger partial charge in [0.1, 0.15) is 0 Å². The first-order valence-corrected chi connectivity index (χ1v) is 3.77. The van der Waals surface area contributed by atoms with Crippen LogP contribution in [-0.4, -0.2) is 12.2 Å². The van der Waals surface area contributed by atoms with Crippen molar-refractivity contribution >= 4 is 0 Å². The van der Waals surface area contributed by atoms with E-state index in [2.05, 4.69) is 0 Å². The third-order valence-corrected chi connectivity index (χ3v) is 2.11. The van der Waals surface area contributed by atoms with Crippen LogP contribution in [0.25, 0.3) is 0 Å². The Bertz CT molecular complexity index is 135. The van der Waals surface area contributed by atoms with E-state index in [0.29, 0.717) is 0 Å². The van der Waals surface area contributed by atoms with Crippen LogP contribution in [0.4, 0.5) is 0 Å². The quantitative estimate of drug-likeness (QED) is 0.485. The molecule has 0 aromatic carbocycles. The Morgan fingerprint density at radius 2 is 1.67 bits per heavy atom. The molecule has 2 saturated heterocycles. The molecule has 0 N–H and O–H groups in total. The van der Waals surface area contributed by atoms with Gasteiger partial charge in [-0.3, -0.25) is 0 Å². The summed E-state index contributed by atoms with van der Waals surface area (Å²) >= 11 is 0. The molecular weight excluding hydrogens is 112 g/mol. The van der Waals surface area contributed by atoms with Crippen molar-refractivity contribution in [3.63, 3.8) is 0 Å². The van der Waals surface area contributed by atoms with Gasteiger partial charge in [0.15, 0.2) is 0 Å². The molecule has 0 aliphatic carbocycles. The maximum Gasteiger partial charge on any atom is 0.0579 e. The van der Waals surface area contributed by atoms with Crippen molar-refractivity contribution in [2.75, 3.05) is 0 Å². The van der Waals surface area contributed by atoms with Crippen molar-refractivity contribution in [3.8, 4) is 0 Å². The van der Waals surface area contributed by atoms with Crippen LogP contribution in [0, 0.1) is 0 Å². The first-order chi connectivity index (χ1) is 5.27. The van der Waals surface area contributed by atoms with Crippen molar-refractivity contribution in [2.45, 2.75) is 50.7 Å². The lowest BCUT2D eigenvalue weighted by Gasteiger charge is -2.34. The molecule has 2 rings (SSSR count). The molecule has 4 atom stereocenters. The van der Waals surface area contributed by atoms with Gasteiger partial charge >= 0.3 is 0 Å². The lowest BCUT2D eigenvalue weighted by molar-refractivity contribution is -0.0823. The molecule has 2 aliphatic heterocycles. The topological polar surface area (TPSA) is 9.23 Å². The van der Waals surface area contributed by atoms with Crippen LogP contribution in [0.15, 0.2) is 0 Å². The molecule has 2 aliphatic rings. The Labute approximate surface area is 59.2 Å². The second-order valence-electron chi connectivity index (χ2n) is 2.84. The van der Waals surface area contributed by atoms with Crippen LogP contribution < -0.4 is 0 Å². The van der Waals surface area contributed by atoms with Crippen molar-refractivity contribution in [1.82, 2.24) is 0 Å². The molecular formula is C8H14O. The van der Waals surface area contributed by atoms with Gasteiger partial charge in [0.25, 0.3) is 0 Å². The number of ether oxygens (including phenoxy) is 1. The summed E-state index contributed by atoms with van der Waals surface area (Å²) in [6, 6.07) is 0. The molecule has 0 amide bonds. The van der Waals surface area contributed by atoms with Gasteiger partial charge in [-0.2, -0.15) is 0 Å². The molecule has 0 radical (unpaired) electrons. The van der Waals surface area contributed by atoms with Crippen LogP contribution in [0.3, 0.4) is 0 Å². The summed E-state index contributed by atoms with van der Waals surface area (Å²) in [6.45, 7) is 0. The van der Waals surface area contributed by atoms with Gasteiger partial charge in [-0.15, -0.1) is 0 Å². The number of hydrogen-bond acceptors (Lipinski definition) is 1. The molecule has 2 heterocycles. The summed E-state index contributed by atoms with van der Waals surface area (Å²) in [5.41, 5.74) is 0. The molecule has 0 aromatic rings. The summed E-state index contributed by atoms with van der Waals surface area (Å²) in [5.74, 6) is 0. The fourth-order valence-electron chi connectivity index (χ4n) is 1.60. The van der Waals surface area contributed by atoms with Crippen LogP contribution in [0.2, 0.25) is 0 Å². The predicted molar refractivity (Wildman–Crippen MR) is 36.4 cm³/mol. The lowest BCUT2D eigenvalue weighted by Crippen LogP contribution is -2.31. The maximum atomic E-state index is 7.63. The molecule has 9 heavy (non-hydrogen) atoms. The Morgan fingerprint density at radius 1 is 1.11 bits per heavy atom. The van der Waals surface area contributed by atoms with Crippen LogP contribution in [0.5, 0.6) is 0 Å². The van der Waals surface area contributed by atoms with Crippen molar-refractivity contribution in [1.29, 1.82) is 0 Å². The highest BCUT2D eigenvalue weighted by molar-refractivity contribution is 4.76. The fraction of sp³-hybridized carbons (Fsp3) is 1.00. The minimum absolute atomic E-state index is 0.0150. The average molecular weight is 128 g/mol. The molecule has 0 saturated carbocycles. The number of hydrogen-bond donors (Lipinski definition) is 0. The minimum atomic E-state index is -0.0150. The van der Waals surface area contributed by atoms with E-state index >= 15 is 0 Å². The van der Waals surface area contributed by atoms with Gasteiger partial charge in [-0.05, 0) is 38.5 Å². The van der Waals surface area contributed by atoms with E-state index in [-0.39, 0.29) is 25.0 Å². The van der Waals surface area contributed by atoms with Gasteiger partial charge in [0, 0.05) is 2.74 Å². The monoisotopic (exact) mass is 128 g/mol. The second-order valence-corrected chi connectivity index (χ2v) is 2.84. The normalized spacial score (nSPS) is 62.2. The highest BCUT2D eigenvalue weighted by Crippen LogP contribution is 2.30. The Balaban J connectivity index is 2.02. The van der Waals surface area contributed by atoms with Gasteiger partial charge in [0.05, 0.1) is 12.2 Å². The third kappa shape index (κ3) is 1.11. The van der Waals surface area contributed by atoms with Crippen molar-refractivity contribution in [2.24, 2.45) is 0 Å². The maximum absolute atomic E-state index is 7.63. The molecule has 0 aromatic heterocycles. The van der Waals surface area contributed by atoms with Gasteiger partial charge in [0.2, 0.25) is 0 Å². The molecule has 2 unspecified atom stereocenters. The van der Waals surface area contributed by atoms with E-state index in [1.807, 2.05) is 0 Å². The summed E-state index contributed by atoms with van der Waals surface area (Å²) in [5, 5.41) is 0. The van der Waals surface area contributed by atoms with Crippen LogP contribution >= 0.6 is 0 Å². The van der Waals surface area contributed by atoms with Gasteiger partial charge in [-0.25, -0.2) is 0 Å². The lowest BCUT2D eigenvalue weighted by atomic mass is 9.92. The molecule has 52 valence electrons. The largest absolute Gasteiger partial charge is 0.375 e. The molecule has 0 spiro atoms. The van der Waals surface area contributed by atoms with Gasteiger partial charge in [-0.1, -0.05) is 0 Å². The molecule has 1 nitrogen and oxygen atoms in total. The SMILES string of the molecule is [2H][C@@H]1CCC2OC1CC[C@@H]2[2H]. The van der Waals surface area contributed by atoms with E-state index in [1.54, 1.807) is 0 Å². The third-order valence-electron chi connectivity index (χ3n) is 2.11. The van der Waals surface area contributed by atoms with E-state index in [1.165, 1.54) is 0 Å². The zero-order valence-electron chi connectivity index (χ0n) is 7.55. The van der Waals surface area contributed by atoms with Crippen molar-refractivity contribution in [3.05, 3.63) is 0 Å². The summed E-state index contributed by atoms with van der Waals surface area (Å²) in [4.78, 5) is 0. The number of rotatable bonds is 0. The predicted octanol–water partition coefficient (Wildman–Crippen LogP) is 2.11.